The summed E-state index contributed by atoms with van der Waals surface area (Å²) in [5.41, 5.74) is 19.9. The maximum Gasteiger partial charge on any atom is 0.336 e. The van der Waals surface area contributed by atoms with Crippen molar-refractivity contribution in [3.63, 3.8) is 0 Å². The largest absolute Gasteiger partial charge is 0.478 e. The average molecular weight is 1350 g/mol. The van der Waals surface area contributed by atoms with E-state index in [1.54, 1.807) is 34.1 Å². The first-order valence-electron chi connectivity index (χ1n) is 35.1. The molecule has 2 unspecified atom stereocenters. The summed E-state index contributed by atoms with van der Waals surface area (Å²) in [4.78, 5) is 58.5. The smallest absolute Gasteiger partial charge is 0.336 e. The van der Waals surface area contributed by atoms with Gasteiger partial charge in [-0.15, -0.1) is 11.1 Å². The van der Waals surface area contributed by atoms with Gasteiger partial charge in [0.2, 0.25) is 0 Å². The lowest BCUT2D eigenvalue weighted by molar-refractivity contribution is 0.0421. The molecule has 8 nitrogen and oxygen atoms in total. The molecule has 1 saturated carbocycles. The number of hydrogen-bond acceptors (Lipinski definition) is 4. The molecule has 1 aliphatic rings. The summed E-state index contributed by atoms with van der Waals surface area (Å²) in [6, 6.07) is 52.5. The zero-order valence-electron chi connectivity index (χ0n) is 59.6. The third kappa shape index (κ3) is 20.5. The van der Waals surface area contributed by atoms with Crippen molar-refractivity contribution in [3.05, 3.63) is 237 Å². The molecule has 10 heteroatoms. The van der Waals surface area contributed by atoms with Crippen LogP contribution in [0.3, 0.4) is 0 Å². The van der Waals surface area contributed by atoms with Crippen LogP contribution in [0.25, 0.3) is 44.5 Å². The molecule has 1 aliphatic carbocycles. The van der Waals surface area contributed by atoms with Gasteiger partial charge in [0.25, 0.3) is 11.8 Å². The molecule has 0 radical (unpaired) electrons. The lowest BCUT2D eigenvalue weighted by Gasteiger charge is -2.42. The van der Waals surface area contributed by atoms with E-state index in [4.69, 9.17) is 0 Å². The number of hydrogen-bond donors (Lipinski definition) is 2. The average Bonchev–Trinajstić information content (AvgIpc) is 0.790. The van der Waals surface area contributed by atoms with Crippen LogP contribution in [0.2, 0.25) is 39.3 Å². The molecule has 2 atom stereocenters. The van der Waals surface area contributed by atoms with E-state index in [1.807, 2.05) is 160 Å². The van der Waals surface area contributed by atoms with Gasteiger partial charge in [0.15, 0.2) is 0 Å². The first-order valence-corrected chi connectivity index (χ1v) is 42.1. The number of unbranched alkanes of at least 4 members (excludes halogenated alkanes) is 8. The zero-order valence-corrected chi connectivity index (χ0v) is 61.6. The summed E-state index contributed by atoms with van der Waals surface area (Å²) in [5, 5.41) is 21.6. The van der Waals surface area contributed by atoms with Crippen LogP contribution in [-0.4, -0.2) is 86.1 Å². The van der Waals surface area contributed by atoms with Crippen LogP contribution in [0.5, 0.6) is 0 Å². The number of rotatable bonds is 18. The van der Waals surface area contributed by atoms with E-state index in [1.165, 1.54) is 12.8 Å². The summed E-state index contributed by atoms with van der Waals surface area (Å²) in [6.45, 7) is 17.6. The Kier molecular flexibility index (Phi) is 25.6. The van der Waals surface area contributed by atoms with Gasteiger partial charge in [0.05, 0.1) is 23.2 Å². The molecule has 2 amide bonds. The molecule has 8 aromatic rings. The van der Waals surface area contributed by atoms with Gasteiger partial charge in [-0.2, -0.15) is 0 Å². The molecule has 0 heterocycles. The van der Waals surface area contributed by atoms with Crippen LogP contribution in [-0.2, 0) is 0 Å². The highest BCUT2D eigenvalue weighted by molar-refractivity contribution is 6.84. The Bertz CT molecular complexity index is 4370. The van der Waals surface area contributed by atoms with Crippen LogP contribution < -0.4 is 0 Å². The summed E-state index contributed by atoms with van der Waals surface area (Å²) in [5.74, 6) is 30.7. The number of carbonyl (C=O) groups is 4. The molecule has 2 N–H and O–H groups in total. The molecule has 9 rings (SSSR count). The quantitative estimate of drug-likeness (QED) is 0.0502. The first-order chi connectivity index (χ1) is 48.1. The van der Waals surface area contributed by atoms with Gasteiger partial charge >= 0.3 is 11.9 Å². The second-order valence-corrected chi connectivity index (χ2v) is 37.4. The third-order valence-electron chi connectivity index (χ3n) is 17.7. The molecule has 8 aromatic carbocycles. The van der Waals surface area contributed by atoms with Crippen LogP contribution in [0.15, 0.2) is 170 Å². The molecule has 504 valence electrons. The van der Waals surface area contributed by atoms with Gasteiger partial charge in [0, 0.05) is 82.6 Å². The minimum atomic E-state index is -1.59. The molecule has 0 bridgehead atoms. The molecule has 0 aliphatic heterocycles. The minimum absolute atomic E-state index is 0.136. The molecule has 1 fully saturated rings. The summed E-state index contributed by atoms with van der Waals surface area (Å²) in [6.07, 6.45) is 13.9. The molecule has 0 saturated heterocycles. The predicted octanol–water partition coefficient (Wildman–Crippen LogP) is 19.8. The van der Waals surface area contributed by atoms with Crippen molar-refractivity contribution in [2.45, 2.75) is 155 Å². The van der Waals surface area contributed by atoms with Crippen molar-refractivity contribution >= 4 is 39.9 Å². The Morgan fingerprint density at radius 3 is 0.900 bits per heavy atom. The fourth-order valence-electron chi connectivity index (χ4n) is 12.2. The van der Waals surface area contributed by atoms with Gasteiger partial charge < -0.3 is 20.0 Å². The highest BCUT2D eigenvalue weighted by atomic mass is 28.3. The number of carboxylic acids is 2. The number of carboxylic acid groups (broad SMARTS) is 2. The number of nitrogens with zero attached hydrogens (tertiary/aromatic N) is 2. The van der Waals surface area contributed by atoms with Crippen LogP contribution >= 0.6 is 0 Å². The molecule has 100 heavy (non-hydrogen) atoms. The number of benzene rings is 8. The maximum atomic E-state index is 14.2. The SMILES string of the molecule is CCCCCCC#Cc1cc(-c2ccc(C#Cc3ccc(C(=O)N(C)C4CCCCC4N(C)C(=O)c4ccc(C#Cc5ccc(-c6cc(C#CCCCCCC)cc(-c7ccc(C#C[Si](C)(C)C)cc7)c6C(=O)O)cc5)cc4)cc3)cc2)c(C(=O)O)c(-c2ccc(C#C[Si](C)(C)C)cc2)c1. The van der Waals surface area contributed by atoms with Gasteiger partial charge in [0.1, 0.15) is 16.1 Å². The normalized spacial score (nSPS) is 13.1. The summed E-state index contributed by atoms with van der Waals surface area (Å²) < 4.78 is 0. The fourth-order valence-corrected chi connectivity index (χ4v) is 13.3. The van der Waals surface area contributed by atoms with E-state index in [0.717, 1.165) is 144 Å². The number of likely N-dealkylation sites (N-methyl/N-ethyl adjacent to an activating group) is 2. The second-order valence-electron chi connectivity index (χ2n) is 27.9. The van der Waals surface area contributed by atoms with E-state index in [-0.39, 0.29) is 35.0 Å². The Labute approximate surface area is 596 Å². The highest BCUT2D eigenvalue weighted by Crippen LogP contribution is 2.37. The lowest BCUT2D eigenvalue weighted by atomic mass is 9.87. The van der Waals surface area contributed by atoms with Crippen LogP contribution in [0, 0.1) is 70.3 Å². The minimum Gasteiger partial charge on any atom is -0.478 e. The Morgan fingerprint density at radius 2 is 0.640 bits per heavy atom. The van der Waals surface area contributed by atoms with E-state index >= 15 is 0 Å². The van der Waals surface area contributed by atoms with Crippen molar-refractivity contribution in [1.29, 1.82) is 0 Å². The van der Waals surface area contributed by atoms with Crippen LogP contribution in [0.4, 0.5) is 0 Å². The summed E-state index contributed by atoms with van der Waals surface area (Å²) >= 11 is 0. The third-order valence-corrected chi connectivity index (χ3v) is 19.5. The zero-order chi connectivity index (χ0) is 71.3. The monoisotopic (exact) mass is 1350 g/mol. The highest BCUT2D eigenvalue weighted by Gasteiger charge is 2.36. The van der Waals surface area contributed by atoms with Gasteiger partial charge in [-0.1, -0.05) is 212 Å². The van der Waals surface area contributed by atoms with Crippen LogP contribution in [0.1, 0.15) is 190 Å². The second kappa shape index (κ2) is 34.8. The Morgan fingerprint density at radius 1 is 0.370 bits per heavy atom. The molecular weight excluding hydrogens is 1260 g/mol. The van der Waals surface area contributed by atoms with Gasteiger partial charge in [-0.25, -0.2) is 9.59 Å². The number of aromatic carboxylic acids is 2. The molecular formula is C90H90N2O6Si2. The van der Waals surface area contributed by atoms with Gasteiger partial charge in [-0.05, 0) is 192 Å². The van der Waals surface area contributed by atoms with Crippen molar-refractivity contribution in [3.8, 4) is 115 Å². The van der Waals surface area contributed by atoms with Crippen molar-refractivity contribution in [1.82, 2.24) is 9.80 Å². The van der Waals surface area contributed by atoms with E-state index in [2.05, 4.69) is 123 Å². The Hall–Kier alpha value is -10.6. The topological polar surface area (TPSA) is 115 Å². The summed E-state index contributed by atoms with van der Waals surface area (Å²) in [7, 11) is 0.465. The predicted molar refractivity (Wildman–Crippen MR) is 415 cm³/mol. The van der Waals surface area contributed by atoms with E-state index in [0.29, 0.717) is 33.4 Å². The van der Waals surface area contributed by atoms with Crippen molar-refractivity contribution in [2.75, 3.05) is 14.1 Å². The fraction of sp³-hybridized carbons (Fsp3) is 0.289. The number of carbonyl (C=O) groups excluding carboxylic acids is 2. The van der Waals surface area contributed by atoms with Crippen molar-refractivity contribution in [2.24, 2.45) is 0 Å². The van der Waals surface area contributed by atoms with E-state index < -0.39 is 28.1 Å². The maximum absolute atomic E-state index is 14.2. The molecule has 0 aromatic heterocycles. The van der Waals surface area contributed by atoms with E-state index in [9.17, 15) is 29.4 Å². The Balaban J connectivity index is 0.854. The van der Waals surface area contributed by atoms with Gasteiger partial charge in [-0.3, -0.25) is 9.59 Å². The van der Waals surface area contributed by atoms with Crippen molar-refractivity contribution < 1.29 is 29.4 Å². The number of amides is 2. The first kappa shape index (κ1) is 73.7. The lowest BCUT2D eigenvalue weighted by Crippen LogP contribution is -2.54. The molecule has 0 spiro atoms. The standard InChI is InChI=1S/C90H90N2O6Si2/c1-11-13-15-17-19-21-25-71-61-79(85(89(95)96)81(63-71)75-49-37-69(38-50-75)57-59-99(5,6)7)73-45-33-65(34-46-73)29-31-67-41-53-77(54-42-67)87(93)91(3)83-27-23-24-28-84(83)92(4)88(94)78-55-43-68(44-56-78)32-30-66-35-47-74(48-36-66)80-62-72(26-22-20-18-16-14-12-2)64-82(86(80)90(97)98)76-51-39-70(40-52-76)58-60-100(8,9)10/h33-56,61-64,83-84H,11-20,23-24,27-28H2,1-10H3,(H,95,96)(H,97,98).